The molecule has 0 amide bonds. The molecule has 1 aliphatic carbocycles. The second-order valence-electron chi connectivity index (χ2n) is 5.99. The highest BCUT2D eigenvalue weighted by Crippen LogP contribution is 2.44. The monoisotopic (exact) mass is 264 g/mol. The minimum absolute atomic E-state index is 0.233. The largest absolute Gasteiger partial charge is 0.465 e. The summed E-state index contributed by atoms with van der Waals surface area (Å²) in [7, 11) is 1.32. The number of hydrogen-bond donors (Lipinski definition) is 0. The van der Waals surface area contributed by atoms with Gasteiger partial charge < -0.3 is 4.74 Å². The number of hydrogen-bond acceptors (Lipinski definition) is 3. The number of esters is 1. The molecule has 0 saturated heterocycles. The van der Waals surface area contributed by atoms with Gasteiger partial charge in [-0.25, -0.2) is 4.79 Å². The zero-order valence-electron chi connectivity index (χ0n) is 12.3. The lowest BCUT2D eigenvalue weighted by Crippen LogP contribution is -2.32. The number of allylic oxidation sites excluding steroid dienone is 2. The van der Waals surface area contributed by atoms with Crippen LogP contribution in [0, 0.1) is 17.3 Å². The zero-order chi connectivity index (χ0) is 14.5. The van der Waals surface area contributed by atoms with Crippen LogP contribution < -0.4 is 0 Å². The molecular weight excluding hydrogens is 240 g/mol. The maximum absolute atomic E-state index is 11.5. The van der Waals surface area contributed by atoms with Gasteiger partial charge in [0.2, 0.25) is 0 Å². The van der Waals surface area contributed by atoms with E-state index in [1.165, 1.54) is 32.4 Å². The highest BCUT2D eigenvalue weighted by molar-refractivity contribution is 5.95. The quantitative estimate of drug-likeness (QED) is 0.338. The molecule has 3 heteroatoms. The summed E-state index contributed by atoms with van der Waals surface area (Å²) in [5, 5.41) is 0. The van der Waals surface area contributed by atoms with Crippen molar-refractivity contribution in [3.05, 3.63) is 23.8 Å². The molecule has 0 aromatic heterocycles. The number of methoxy groups -OCH3 is 1. The maximum Gasteiger partial charge on any atom is 0.337 e. The van der Waals surface area contributed by atoms with E-state index in [1.807, 2.05) is 0 Å². The van der Waals surface area contributed by atoms with Gasteiger partial charge in [-0.2, -0.15) is 0 Å². The van der Waals surface area contributed by atoms with Crippen molar-refractivity contribution >= 4 is 12.3 Å². The van der Waals surface area contributed by atoms with Crippen LogP contribution in [0.2, 0.25) is 0 Å². The Hall–Kier alpha value is -1.38. The number of carbonyl (C=O) groups is 2. The molecule has 0 heterocycles. The van der Waals surface area contributed by atoms with Gasteiger partial charge in [-0.05, 0) is 29.7 Å². The lowest BCUT2D eigenvalue weighted by molar-refractivity contribution is -0.135. The molecule has 0 aromatic carbocycles. The zero-order valence-corrected chi connectivity index (χ0v) is 12.3. The van der Waals surface area contributed by atoms with E-state index < -0.39 is 5.97 Å². The highest BCUT2D eigenvalue weighted by Gasteiger charge is 2.34. The van der Waals surface area contributed by atoms with Crippen LogP contribution in [0.15, 0.2) is 23.8 Å². The maximum atomic E-state index is 11.5. The van der Waals surface area contributed by atoms with Gasteiger partial charge in [0.05, 0.1) is 12.7 Å². The Balaban J connectivity index is 2.90. The molecule has 1 aliphatic rings. The second-order valence-corrected chi connectivity index (χ2v) is 5.99. The molecule has 0 aliphatic heterocycles. The summed E-state index contributed by atoms with van der Waals surface area (Å²) in [6, 6.07) is 0. The van der Waals surface area contributed by atoms with Crippen molar-refractivity contribution in [2.45, 2.75) is 40.0 Å². The van der Waals surface area contributed by atoms with Gasteiger partial charge in [0, 0.05) is 0 Å². The van der Waals surface area contributed by atoms with Crippen molar-refractivity contribution in [1.82, 2.24) is 0 Å². The van der Waals surface area contributed by atoms with Gasteiger partial charge in [0.1, 0.15) is 6.29 Å². The summed E-state index contributed by atoms with van der Waals surface area (Å²) < 4.78 is 4.67. The van der Waals surface area contributed by atoms with Gasteiger partial charge in [-0.15, -0.1) is 0 Å². The SMILES string of the molecule is COC(=O)C(/C=C/[C@H]1[C@H](C)CCCC1(C)C)=C/C=O. The van der Waals surface area contributed by atoms with Crippen molar-refractivity contribution in [3.63, 3.8) is 0 Å². The van der Waals surface area contributed by atoms with Crippen LogP contribution in [0.25, 0.3) is 0 Å². The van der Waals surface area contributed by atoms with E-state index in [2.05, 4.69) is 31.6 Å². The Kier molecular flexibility index (Phi) is 5.52. The van der Waals surface area contributed by atoms with Gasteiger partial charge >= 0.3 is 5.97 Å². The van der Waals surface area contributed by atoms with E-state index in [4.69, 9.17) is 0 Å². The lowest BCUT2D eigenvalue weighted by Gasteiger charge is -2.41. The average molecular weight is 264 g/mol. The Morgan fingerprint density at radius 2 is 2.05 bits per heavy atom. The fourth-order valence-corrected chi connectivity index (χ4v) is 3.04. The predicted molar refractivity (Wildman–Crippen MR) is 75.6 cm³/mol. The van der Waals surface area contributed by atoms with Crippen LogP contribution in [0.5, 0.6) is 0 Å². The van der Waals surface area contributed by atoms with Crippen LogP contribution >= 0.6 is 0 Å². The van der Waals surface area contributed by atoms with Gasteiger partial charge in [-0.3, -0.25) is 4.79 Å². The van der Waals surface area contributed by atoms with Crippen molar-refractivity contribution in [3.8, 4) is 0 Å². The molecule has 0 radical (unpaired) electrons. The third-order valence-electron chi connectivity index (χ3n) is 4.15. The number of ether oxygens (including phenoxy) is 1. The molecule has 1 fully saturated rings. The third kappa shape index (κ3) is 4.05. The summed E-state index contributed by atoms with van der Waals surface area (Å²) in [6.07, 6.45) is 9.33. The molecule has 0 spiro atoms. The van der Waals surface area contributed by atoms with Gasteiger partial charge in [0.15, 0.2) is 0 Å². The smallest absolute Gasteiger partial charge is 0.337 e. The Labute approximate surface area is 115 Å². The van der Waals surface area contributed by atoms with E-state index in [1.54, 1.807) is 6.08 Å². The molecule has 2 atom stereocenters. The van der Waals surface area contributed by atoms with E-state index in [0.717, 1.165) is 0 Å². The first-order valence-electron chi connectivity index (χ1n) is 6.84. The summed E-state index contributed by atoms with van der Waals surface area (Å²) >= 11 is 0. The van der Waals surface area contributed by atoms with Crippen molar-refractivity contribution in [2.24, 2.45) is 17.3 Å². The summed E-state index contributed by atoms with van der Waals surface area (Å²) in [5.74, 6) is 0.542. The van der Waals surface area contributed by atoms with Crippen molar-refractivity contribution in [1.29, 1.82) is 0 Å². The van der Waals surface area contributed by atoms with Crippen molar-refractivity contribution in [2.75, 3.05) is 7.11 Å². The molecular formula is C16H24O3. The van der Waals surface area contributed by atoms with Crippen LogP contribution in [0.3, 0.4) is 0 Å². The van der Waals surface area contributed by atoms with Gasteiger partial charge in [0.25, 0.3) is 0 Å². The Bertz CT molecular complexity index is 391. The summed E-state index contributed by atoms with van der Waals surface area (Å²) in [4.78, 5) is 22.1. The average Bonchev–Trinajstić information content (AvgIpc) is 2.35. The minimum Gasteiger partial charge on any atom is -0.465 e. The van der Waals surface area contributed by atoms with E-state index in [-0.39, 0.29) is 5.41 Å². The third-order valence-corrected chi connectivity index (χ3v) is 4.15. The lowest BCUT2D eigenvalue weighted by atomic mass is 9.64. The molecule has 106 valence electrons. The topological polar surface area (TPSA) is 43.4 Å². The van der Waals surface area contributed by atoms with E-state index in [0.29, 0.717) is 23.7 Å². The molecule has 3 nitrogen and oxygen atoms in total. The van der Waals surface area contributed by atoms with Crippen molar-refractivity contribution < 1.29 is 14.3 Å². The molecule has 0 aromatic rings. The second kappa shape index (κ2) is 6.69. The van der Waals surface area contributed by atoms with E-state index in [9.17, 15) is 9.59 Å². The van der Waals surface area contributed by atoms with Gasteiger partial charge in [-0.1, -0.05) is 45.8 Å². The minimum atomic E-state index is -0.468. The first-order valence-corrected chi connectivity index (χ1v) is 6.84. The standard InChI is InChI=1S/C16H24O3/c1-12-6-5-10-16(2,3)14(12)8-7-13(9-11-17)15(18)19-4/h7-9,11-12,14H,5-6,10H2,1-4H3/b8-7+,13-9+/t12-,14+/m1/s1. The first-order chi connectivity index (χ1) is 8.92. The summed E-state index contributed by atoms with van der Waals surface area (Å²) in [5.41, 5.74) is 0.544. The van der Waals surface area contributed by atoms with E-state index >= 15 is 0 Å². The Morgan fingerprint density at radius 3 is 2.58 bits per heavy atom. The number of aldehydes is 1. The predicted octanol–water partition coefficient (Wildman–Crippen LogP) is 3.30. The normalized spacial score (nSPS) is 27.3. The fraction of sp³-hybridized carbons (Fsp3) is 0.625. The van der Waals surface area contributed by atoms with Crippen LogP contribution in [-0.2, 0) is 14.3 Å². The fourth-order valence-electron chi connectivity index (χ4n) is 3.04. The number of rotatable bonds is 4. The molecule has 0 N–H and O–H groups in total. The van der Waals surface area contributed by atoms with Crippen LogP contribution in [0.4, 0.5) is 0 Å². The molecule has 19 heavy (non-hydrogen) atoms. The molecule has 1 saturated carbocycles. The highest BCUT2D eigenvalue weighted by atomic mass is 16.5. The van der Waals surface area contributed by atoms with Crippen LogP contribution in [-0.4, -0.2) is 19.4 Å². The summed E-state index contributed by atoms with van der Waals surface area (Å²) in [6.45, 7) is 6.77. The molecule has 0 bridgehead atoms. The first kappa shape index (κ1) is 15.7. The molecule has 1 rings (SSSR count). The number of carbonyl (C=O) groups excluding carboxylic acids is 2. The molecule has 0 unspecified atom stereocenters. The Morgan fingerprint density at radius 1 is 1.37 bits per heavy atom. The van der Waals surface area contributed by atoms with Crippen LogP contribution in [0.1, 0.15) is 40.0 Å².